The number of hydrogen-bond acceptors (Lipinski definition) is 6. The lowest BCUT2D eigenvalue weighted by atomic mass is 10.1. The highest BCUT2D eigenvalue weighted by molar-refractivity contribution is 5.90. The van der Waals surface area contributed by atoms with Crippen LogP contribution in [0.5, 0.6) is 0 Å². The molecule has 1 atom stereocenters. The summed E-state index contributed by atoms with van der Waals surface area (Å²) in [5, 5.41) is 14.7. The minimum Gasteiger partial charge on any atom is -0.365 e. The number of fused-ring (bicyclic) bond motifs is 1. The quantitative estimate of drug-likeness (QED) is 0.617. The molecule has 0 aliphatic rings. The van der Waals surface area contributed by atoms with E-state index in [1.807, 2.05) is 0 Å². The number of nitrogens with two attached hydrogens (primary N) is 1. The highest BCUT2D eigenvalue weighted by atomic mass is 16.6. The molecule has 0 spiro atoms. The molecule has 0 saturated carbocycles. The number of nitro groups is 1. The molecule has 0 aliphatic heterocycles. The molecule has 0 fully saturated rings. The van der Waals surface area contributed by atoms with E-state index in [0.29, 0.717) is 23.3 Å². The Morgan fingerprint density at radius 3 is 2.90 bits per heavy atom. The lowest BCUT2D eigenvalue weighted by molar-refractivity contribution is -0.384. The molecule has 0 radical (unpaired) electrons. The second-order valence-corrected chi connectivity index (χ2v) is 4.55. The van der Waals surface area contributed by atoms with Crippen LogP contribution in [0.2, 0.25) is 0 Å². The van der Waals surface area contributed by atoms with Crippen molar-refractivity contribution in [2.45, 2.75) is 25.8 Å². The zero-order chi connectivity index (χ0) is 14.5. The Morgan fingerprint density at radius 2 is 2.25 bits per heavy atom. The van der Waals surface area contributed by atoms with Gasteiger partial charge in [-0.15, -0.1) is 0 Å². The molecule has 2 aromatic rings. The minimum absolute atomic E-state index is 0.0233. The molecule has 20 heavy (non-hydrogen) atoms. The first-order valence-electron chi connectivity index (χ1n) is 6.51. The van der Waals surface area contributed by atoms with Gasteiger partial charge in [-0.2, -0.15) is 0 Å². The molecule has 1 heterocycles. The van der Waals surface area contributed by atoms with Crippen LogP contribution in [0.25, 0.3) is 10.9 Å². The molecule has 2 rings (SSSR count). The van der Waals surface area contributed by atoms with Crippen LogP contribution in [0.3, 0.4) is 0 Å². The van der Waals surface area contributed by atoms with Gasteiger partial charge in [0.1, 0.15) is 12.1 Å². The number of anilines is 1. The maximum absolute atomic E-state index is 10.9. The molecule has 3 N–H and O–H groups in total. The third-order valence-corrected chi connectivity index (χ3v) is 3.09. The molecular weight excluding hydrogens is 258 g/mol. The summed E-state index contributed by atoms with van der Waals surface area (Å²) in [6, 6.07) is 4.64. The van der Waals surface area contributed by atoms with Crippen molar-refractivity contribution in [3.8, 4) is 0 Å². The fourth-order valence-corrected chi connectivity index (χ4v) is 2.06. The van der Waals surface area contributed by atoms with E-state index in [2.05, 4.69) is 22.2 Å². The van der Waals surface area contributed by atoms with Gasteiger partial charge in [0.15, 0.2) is 0 Å². The van der Waals surface area contributed by atoms with Gasteiger partial charge in [0, 0.05) is 30.1 Å². The fourth-order valence-electron chi connectivity index (χ4n) is 2.06. The van der Waals surface area contributed by atoms with E-state index in [9.17, 15) is 10.1 Å². The SMILES string of the molecule is CCCC(CN)Nc1ncnc2ccc([N+](=O)[O-])cc12. The predicted molar refractivity (Wildman–Crippen MR) is 77.6 cm³/mol. The summed E-state index contributed by atoms with van der Waals surface area (Å²) in [4.78, 5) is 18.7. The van der Waals surface area contributed by atoms with Crippen LogP contribution < -0.4 is 11.1 Å². The second kappa shape index (κ2) is 6.25. The van der Waals surface area contributed by atoms with Crippen LogP contribution in [-0.4, -0.2) is 27.5 Å². The largest absolute Gasteiger partial charge is 0.365 e. The third kappa shape index (κ3) is 3.00. The smallest absolute Gasteiger partial charge is 0.270 e. The van der Waals surface area contributed by atoms with Crippen LogP contribution in [0.4, 0.5) is 11.5 Å². The number of nitrogens with zero attached hydrogens (tertiary/aromatic N) is 3. The summed E-state index contributed by atoms with van der Waals surface area (Å²) in [5.74, 6) is 0.586. The maximum atomic E-state index is 10.9. The fraction of sp³-hybridized carbons (Fsp3) is 0.385. The molecule has 7 heteroatoms. The molecule has 0 bridgehead atoms. The number of non-ortho nitro benzene ring substituents is 1. The first-order chi connectivity index (χ1) is 9.65. The Bertz CT molecular complexity index is 617. The standard InChI is InChI=1S/C13H17N5O2/c1-2-3-9(7-14)17-13-11-6-10(18(19)20)4-5-12(11)15-8-16-13/h4-6,8-9H,2-3,7,14H2,1H3,(H,15,16,17). The Morgan fingerprint density at radius 1 is 1.45 bits per heavy atom. The maximum Gasteiger partial charge on any atom is 0.270 e. The average Bonchev–Trinajstić information content (AvgIpc) is 2.46. The van der Waals surface area contributed by atoms with Gasteiger partial charge in [0.05, 0.1) is 10.4 Å². The van der Waals surface area contributed by atoms with Crippen LogP contribution in [0.1, 0.15) is 19.8 Å². The molecule has 7 nitrogen and oxygen atoms in total. The number of hydrogen-bond donors (Lipinski definition) is 2. The van der Waals surface area contributed by atoms with E-state index in [0.717, 1.165) is 12.8 Å². The summed E-state index contributed by atoms with van der Waals surface area (Å²) in [6.45, 7) is 2.56. The molecule has 0 saturated heterocycles. The van der Waals surface area contributed by atoms with Gasteiger partial charge < -0.3 is 11.1 Å². The number of rotatable bonds is 6. The van der Waals surface area contributed by atoms with Gasteiger partial charge >= 0.3 is 0 Å². The van der Waals surface area contributed by atoms with E-state index in [1.54, 1.807) is 6.07 Å². The van der Waals surface area contributed by atoms with Crippen molar-refractivity contribution in [2.75, 3.05) is 11.9 Å². The lowest BCUT2D eigenvalue weighted by Gasteiger charge is -2.17. The molecule has 1 aromatic carbocycles. The minimum atomic E-state index is -0.428. The molecule has 1 unspecified atom stereocenters. The molecule has 0 aliphatic carbocycles. The Balaban J connectivity index is 2.41. The van der Waals surface area contributed by atoms with Crippen LogP contribution in [0, 0.1) is 10.1 Å². The first-order valence-corrected chi connectivity index (χ1v) is 6.51. The normalized spacial score (nSPS) is 12.3. The molecule has 1 aromatic heterocycles. The van der Waals surface area contributed by atoms with Crippen molar-refractivity contribution in [1.29, 1.82) is 0 Å². The summed E-state index contributed by atoms with van der Waals surface area (Å²) < 4.78 is 0. The Hall–Kier alpha value is -2.28. The number of aromatic nitrogens is 2. The summed E-state index contributed by atoms with van der Waals surface area (Å²) in [5.41, 5.74) is 6.41. The average molecular weight is 275 g/mol. The Labute approximate surface area is 116 Å². The van der Waals surface area contributed by atoms with Gasteiger partial charge in [-0.3, -0.25) is 10.1 Å². The number of nitro benzene ring substituents is 1. The highest BCUT2D eigenvalue weighted by Crippen LogP contribution is 2.24. The van der Waals surface area contributed by atoms with Gasteiger partial charge in [-0.05, 0) is 12.5 Å². The van der Waals surface area contributed by atoms with E-state index in [4.69, 9.17) is 5.73 Å². The summed E-state index contributed by atoms with van der Waals surface area (Å²) in [7, 11) is 0. The number of benzene rings is 1. The number of nitrogens with one attached hydrogen (secondary N) is 1. The topological polar surface area (TPSA) is 107 Å². The Kier molecular flexibility index (Phi) is 4.41. The third-order valence-electron chi connectivity index (χ3n) is 3.09. The van der Waals surface area contributed by atoms with E-state index >= 15 is 0 Å². The highest BCUT2D eigenvalue weighted by Gasteiger charge is 2.13. The summed E-state index contributed by atoms with van der Waals surface area (Å²) in [6.07, 6.45) is 3.35. The van der Waals surface area contributed by atoms with Gasteiger partial charge in [-0.1, -0.05) is 13.3 Å². The van der Waals surface area contributed by atoms with Crippen molar-refractivity contribution in [1.82, 2.24) is 9.97 Å². The van der Waals surface area contributed by atoms with Crippen LogP contribution in [-0.2, 0) is 0 Å². The predicted octanol–water partition coefficient (Wildman–Crippen LogP) is 2.08. The van der Waals surface area contributed by atoms with Crippen molar-refractivity contribution in [2.24, 2.45) is 5.73 Å². The van der Waals surface area contributed by atoms with Crippen molar-refractivity contribution in [3.05, 3.63) is 34.6 Å². The second-order valence-electron chi connectivity index (χ2n) is 4.55. The molecule has 106 valence electrons. The molecular formula is C13H17N5O2. The monoisotopic (exact) mass is 275 g/mol. The summed E-state index contributed by atoms with van der Waals surface area (Å²) >= 11 is 0. The van der Waals surface area contributed by atoms with Crippen molar-refractivity contribution >= 4 is 22.4 Å². The zero-order valence-electron chi connectivity index (χ0n) is 11.2. The molecule has 0 amide bonds. The van der Waals surface area contributed by atoms with E-state index < -0.39 is 4.92 Å². The van der Waals surface area contributed by atoms with Gasteiger partial charge in [-0.25, -0.2) is 9.97 Å². The van der Waals surface area contributed by atoms with Crippen molar-refractivity contribution in [3.63, 3.8) is 0 Å². The van der Waals surface area contributed by atoms with Crippen molar-refractivity contribution < 1.29 is 4.92 Å². The van der Waals surface area contributed by atoms with E-state index in [1.165, 1.54) is 18.5 Å². The van der Waals surface area contributed by atoms with E-state index in [-0.39, 0.29) is 11.7 Å². The van der Waals surface area contributed by atoms with Gasteiger partial charge in [0.2, 0.25) is 0 Å². The van der Waals surface area contributed by atoms with Crippen LogP contribution >= 0.6 is 0 Å². The van der Waals surface area contributed by atoms with Crippen LogP contribution in [0.15, 0.2) is 24.5 Å². The zero-order valence-corrected chi connectivity index (χ0v) is 11.2. The first kappa shape index (κ1) is 14.1. The lowest BCUT2D eigenvalue weighted by Crippen LogP contribution is -2.29. The van der Waals surface area contributed by atoms with Gasteiger partial charge in [0.25, 0.3) is 5.69 Å².